The molecular formula is C11H11F2N. The minimum absolute atomic E-state index is 0.0823. The van der Waals surface area contributed by atoms with E-state index in [9.17, 15) is 8.78 Å². The minimum Gasteiger partial charge on any atom is -0.300 e. The van der Waals surface area contributed by atoms with E-state index in [2.05, 4.69) is 11.2 Å². The second-order valence-corrected chi connectivity index (χ2v) is 2.98. The van der Waals surface area contributed by atoms with Gasteiger partial charge in [-0.3, -0.25) is 5.32 Å². The van der Waals surface area contributed by atoms with Gasteiger partial charge in [0.1, 0.15) is 0 Å². The van der Waals surface area contributed by atoms with E-state index >= 15 is 0 Å². The van der Waals surface area contributed by atoms with Crippen molar-refractivity contribution in [2.24, 2.45) is 0 Å². The molecule has 0 aliphatic heterocycles. The molecule has 3 heteroatoms. The van der Waals surface area contributed by atoms with Gasteiger partial charge in [0.05, 0.1) is 6.54 Å². The van der Waals surface area contributed by atoms with Crippen molar-refractivity contribution < 1.29 is 8.78 Å². The van der Waals surface area contributed by atoms with Gasteiger partial charge in [0.25, 0.3) is 0 Å². The molecule has 0 amide bonds. The van der Waals surface area contributed by atoms with Crippen LogP contribution in [0.5, 0.6) is 0 Å². The molecule has 1 N–H and O–H groups in total. The summed E-state index contributed by atoms with van der Waals surface area (Å²) in [5.74, 6) is 0.744. The number of nitrogens with one attached hydrogen (secondary N) is 1. The first-order valence-electron chi connectivity index (χ1n) is 4.27. The summed E-state index contributed by atoms with van der Waals surface area (Å²) in [6, 6.07) is 3.73. The molecule has 0 aromatic heterocycles. The fourth-order valence-corrected chi connectivity index (χ4v) is 1.11. The number of halogens is 2. The van der Waals surface area contributed by atoms with Gasteiger partial charge in [0.2, 0.25) is 0 Å². The zero-order chi connectivity index (χ0) is 10.6. The zero-order valence-corrected chi connectivity index (χ0v) is 7.85. The second kappa shape index (κ2) is 4.73. The van der Waals surface area contributed by atoms with Gasteiger partial charge in [0.15, 0.2) is 11.6 Å². The molecule has 0 saturated carbocycles. The maximum absolute atomic E-state index is 12.8. The predicted octanol–water partition coefficient (Wildman–Crippen LogP) is 2.25. The molecule has 1 aromatic carbocycles. The fraction of sp³-hybridized carbons (Fsp3) is 0.273. The molecular weight excluding hydrogens is 184 g/mol. The lowest BCUT2D eigenvalue weighted by atomic mass is 10.1. The highest BCUT2D eigenvalue weighted by molar-refractivity contribution is 5.20. The van der Waals surface area contributed by atoms with Crippen molar-refractivity contribution in [1.82, 2.24) is 5.32 Å². The van der Waals surface area contributed by atoms with E-state index in [-0.39, 0.29) is 6.04 Å². The van der Waals surface area contributed by atoms with E-state index in [1.165, 1.54) is 12.1 Å². The summed E-state index contributed by atoms with van der Waals surface area (Å²) in [6.07, 6.45) is 5.06. The highest BCUT2D eigenvalue weighted by Crippen LogP contribution is 2.15. The van der Waals surface area contributed by atoms with Crippen LogP contribution in [0.15, 0.2) is 18.2 Å². The molecule has 1 atom stereocenters. The zero-order valence-electron chi connectivity index (χ0n) is 7.85. The molecule has 0 aliphatic carbocycles. The highest BCUT2D eigenvalue weighted by atomic mass is 19.2. The lowest BCUT2D eigenvalue weighted by molar-refractivity contribution is 0.503. The quantitative estimate of drug-likeness (QED) is 0.729. The summed E-state index contributed by atoms with van der Waals surface area (Å²) in [5.41, 5.74) is 0.680. The Morgan fingerprint density at radius 1 is 1.43 bits per heavy atom. The lowest BCUT2D eigenvalue weighted by Crippen LogP contribution is -2.18. The normalized spacial score (nSPS) is 12.1. The first kappa shape index (κ1) is 10.7. The van der Waals surface area contributed by atoms with Crippen molar-refractivity contribution in [2.45, 2.75) is 13.0 Å². The number of hydrogen-bond acceptors (Lipinski definition) is 1. The van der Waals surface area contributed by atoms with Gasteiger partial charge in [-0.25, -0.2) is 8.78 Å². The van der Waals surface area contributed by atoms with Crippen LogP contribution in [0.2, 0.25) is 0 Å². The average molecular weight is 195 g/mol. The minimum atomic E-state index is -0.836. The maximum atomic E-state index is 12.8. The van der Waals surface area contributed by atoms with E-state index < -0.39 is 11.6 Å². The fourth-order valence-electron chi connectivity index (χ4n) is 1.11. The van der Waals surface area contributed by atoms with Crippen LogP contribution in [0.1, 0.15) is 18.5 Å². The maximum Gasteiger partial charge on any atom is 0.159 e. The Kier molecular flexibility index (Phi) is 3.61. The largest absolute Gasteiger partial charge is 0.300 e. The molecule has 14 heavy (non-hydrogen) atoms. The third-order valence-electron chi connectivity index (χ3n) is 1.95. The van der Waals surface area contributed by atoms with Gasteiger partial charge in [-0.1, -0.05) is 12.0 Å². The van der Waals surface area contributed by atoms with Gasteiger partial charge in [-0.15, -0.1) is 6.42 Å². The molecule has 0 saturated heterocycles. The van der Waals surface area contributed by atoms with Gasteiger partial charge in [-0.05, 0) is 24.6 Å². The molecule has 74 valence electrons. The van der Waals surface area contributed by atoms with Gasteiger partial charge >= 0.3 is 0 Å². The van der Waals surface area contributed by atoms with Crippen LogP contribution in [0.3, 0.4) is 0 Å². The first-order chi connectivity index (χ1) is 6.65. The molecule has 1 rings (SSSR count). The van der Waals surface area contributed by atoms with Crippen LogP contribution >= 0.6 is 0 Å². The number of benzene rings is 1. The van der Waals surface area contributed by atoms with Crippen LogP contribution < -0.4 is 5.32 Å². The summed E-state index contributed by atoms with van der Waals surface area (Å²) in [4.78, 5) is 0. The Bertz CT molecular complexity index is 355. The monoisotopic (exact) mass is 195 g/mol. The molecule has 1 nitrogen and oxygen atoms in total. The van der Waals surface area contributed by atoms with Crippen molar-refractivity contribution >= 4 is 0 Å². The average Bonchev–Trinajstić information content (AvgIpc) is 2.18. The van der Waals surface area contributed by atoms with Crippen LogP contribution in [0.25, 0.3) is 0 Å². The molecule has 0 aliphatic rings. The Balaban J connectivity index is 2.76. The van der Waals surface area contributed by atoms with Crippen LogP contribution in [-0.2, 0) is 0 Å². The van der Waals surface area contributed by atoms with Crippen LogP contribution in [-0.4, -0.2) is 6.54 Å². The topological polar surface area (TPSA) is 12.0 Å². The molecule has 0 bridgehead atoms. The summed E-state index contributed by atoms with van der Waals surface area (Å²) >= 11 is 0. The molecule has 0 fully saturated rings. The van der Waals surface area contributed by atoms with E-state index in [1.54, 1.807) is 0 Å². The summed E-state index contributed by atoms with van der Waals surface area (Å²) in [6.45, 7) is 2.24. The molecule has 0 heterocycles. The Morgan fingerprint density at radius 2 is 2.14 bits per heavy atom. The number of terminal acetylenes is 1. The predicted molar refractivity (Wildman–Crippen MR) is 51.6 cm³/mol. The van der Waals surface area contributed by atoms with Crippen molar-refractivity contribution in [3.63, 3.8) is 0 Å². The van der Waals surface area contributed by atoms with E-state index in [0.717, 1.165) is 6.07 Å². The van der Waals surface area contributed by atoms with Crippen LogP contribution in [0, 0.1) is 24.0 Å². The van der Waals surface area contributed by atoms with Gasteiger partial charge in [-0.2, -0.15) is 0 Å². The van der Waals surface area contributed by atoms with Crippen LogP contribution in [0.4, 0.5) is 8.78 Å². The second-order valence-electron chi connectivity index (χ2n) is 2.98. The first-order valence-corrected chi connectivity index (χ1v) is 4.27. The Morgan fingerprint density at radius 3 is 2.71 bits per heavy atom. The molecule has 0 radical (unpaired) electrons. The standard InChI is InChI=1S/C11H11F2N/c1-3-6-14-8(2)9-4-5-10(12)11(13)7-9/h1,4-5,7-8,14H,6H2,2H3. The summed E-state index contributed by atoms with van der Waals surface area (Å²) < 4.78 is 25.4. The number of hydrogen-bond donors (Lipinski definition) is 1. The highest BCUT2D eigenvalue weighted by Gasteiger charge is 2.07. The van der Waals surface area contributed by atoms with Crippen molar-refractivity contribution in [1.29, 1.82) is 0 Å². The summed E-state index contributed by atoms with van der Waals surface area (Å²) in [5, 5.41) is 2.97. The third-order valence-corrected chi connectivity index (χ3v) is 1.95. The SMILES string of the molecule is C#CCNC(C)c1ccc(F)c(F)c1. The van der Waals surface area contributed by atoms with Gasteiger partial charge in [0, 0.05) is 6.04 Å². The third kappa shape index (κ3) is 2.54. The van der Waals surface area contributed by atoms with Gasteiger partial charge < -0.3 is 0 Å². The van der Waals surface area contributed by atoms with E-state index in [0.29, 0.717) is 12.1 Å². The van der Waals surface area contributed by atoms with Crippen molar-refractivity contribution in [3.8, 4) is 12.3 Å². The lowest BCUT2D eigenvalue weighted by Gasteiger charge is -2.12. The molecule has 1 aromatic rings. The van der Waals surface area contributed by atoms with Crippen molar-refractivity contribution in [2.75, 3.05) is 6.54 Å². The number of rotatable bonds is 3. The van der Waals surface area contributed by atoms with Crippen molar-refractivity contribution in [3.05, 3.63) is 35.4 Å². The smallest absolute Gasteiger partial charge is 0.159 e. The summed E-state index contributed by atoms with van der Waals surface area (Å²) in [7, 11) is 0. The molecule has 0 spiro atoms. The molecule has 1 unspecified atom stereocenters. The van der Waals surface area contributed by atoms with E-state index in [4.69, 9.17) is 6.42 Å². The van der Waals surface area contributed by atoms with E-state index in [1.807, 2.05) is 6.92 Å². The Hall–Kier alpha value is -1.40. The Labute approximate surface area is 82.1 Å².